The van der Waals surface area contributed by atoms with Crippen LogP contribution in [0.1, 0.15) is 11.3 Å². The van der Waals surface area contributed by atoms with Crippen LogP contribution in [0.3, 0.4) is 0 Å². The van der Waals surface area contributed by atoms with Gasteiger partial charge in [-0.2, -0.15) is 13.2 Å². The molecule has 0 N–H and O–H groups in total. The van der Waals surface area contributed by atoms with Gasteiger partial charge in [0.05, 0.1) is 21.8 Å². The van der Waals surface area contributed by atoms with E-state index in [1.54, 1.807) is 42.9 Å². The van der Waals surface area contributed by atoms with Crippen molar-refractivity contribution in [1.82, 2.24) is 9.36 Å². The monoisotopic (exact) mass is 366 g/mol. The van der Waals surface area contributed by atoms with Crippen LogP contribution in [0.5, 0.6) is 0 Å². The Morgan fingerprint density at radius 3 is 2.36 bits per heavy atom. The molecule has 1 heterocycles. The average Bonchev–Trinajstić information content (AvgIpc) is 2.77. The molecule has 1 aromatic heterocycles. The number of benzene rings is 2. The van der Waals surface area contributed by atoms with Crippen molar-refractivity contribution in [1.29, 1.82) is 0 Å². The highest BCUT2D eigenvalue weighted by atomic mass is 35.5. The van der Waals surface area contributed by atoms with Gasteiger partial charge in [0, 0.05) is 12.7 Å². The molecular weight excluding hydrogens is 353 g/mol. The first kappa shape index (κ1) is 17.4. The van der Waals surface area contributed by atoms with Crippen molar-refractivity contribution < 1.29 is 13.2 Å². The summed E-state index contributed by atoms with van der Waals surface area (Å²) in [6, 6.07) is 11.6. The number of nitrogens with zero attached hydrogens (tertiary/aromatic N) is 2. The van der Waals surface area contributed by atoms with E-state index in [4.69, 9.17) is 11.6 Å². The summed E-state index contributed by atoms with van der Waals surface area (Å²) in [6.45, 7) is 1.68. The second kappa shape index (κ2) is 6.11. The van der Waals surface area contributed by atoms with Gasteiger partial charge in [-0.15, -0.1) is 0 Å². The van der Waals surface area contributed by atoms with Crippen LogP contribution in [0.4, 0.5) is 13.2 Å². The van der Waals surface area contributed by atoms with E-state index in [-0.39, 0.29) is 11.1 Å². The van der Waals surface area contributed by atoms with Gasteiger partial charge in [-0.3, -0.25) is 9.48 Å². The standard InChI is InChI=1S/C18H14ClF3N2O/c1-11-16(12-6-5-7-13(10-12)18(20,21)22)17(25)24(23(11)2)15-9-4-3-8-14(15)19/h3-10H,1-2H3. The summed E-state index contributed by atoms with van der Waals surface area (Å²) < 4.78 is 41.9. The fourth-order valence-electron chi connectivity index (χ4n) is 2.79. The molecule has 0 fully saturated rings. The predicted octanol–water partition coefficient (Wildman–Crippen LogP) is 4.82. The minimum absolute atomic E-state index is 0.216. The summed E-state index contributed by atoms with van der Waals surface area (Å²) in [7, 11) is 1.66. The molecule has 0 saturated heterocycles. The fraction of sp³-hybridized carbons (Fsp3) is 0.167. The molecule has 0 unspecified atom stereocenters. The van der Waals surface area contributed by atoms with Crippen molar-refractivity contribution in [2.24, 2.45) is 7.05 Å². The summed E-state index contributed by atoms with van der Waals surface area (Å²) in [4.78, 5) is 12.9. The third-order valence-electron chi connectivity index (χ3n) is 4.11. The highest BCUT2D eigenvalue weighted by molar-refractivity contribution is 6.32. The topological polar surface area (TPSA) is 26.9 Å². The summed E-state index contributed by atoms with van der Waals surface area (Å²) in [5.41, 5.74) is 0.235. The molecule has 7 heteroatoms. The molecule has 3 rings (SSSR count). The van der Waals surface area contributed by atoms with Crippen molar-refractivity contribution in [3.8, 4) is 16.8 Å². The highest BCUT2D eigenvalue weighted by Gasteiger charge is 2.31. The van der Waals surface area contributed by atoms with E-state index in [9.17, 15) is 18.0 Å². The molecule has 0 atom stereocenters. The van der Waals surface area contributed by atoms with Crippen LogP contribution >= 0.6 is 11.6 Å². The summed E-state index contributed by atoms with van der Waals surface area (Å²) in [6.07, 6.45) is -4.47. The number of alkyl halides is 3. The lowest BCUT2D eigenvalue weighted by atomic mass is 10.0. The molecule has 0 aliphatic heterocycles. The molecule has 25 heavy (non-hydrogen) atoms. The molecular formula is C18H14ClF3N2O. The van der Waals surface area contributed by atoms with Gasteiger partial charge >= 0.3 is 6.18 Å². The van der Waals surface area contributed by atoms with Gasteiger partial charge in [-0.05, 0) is 36.8 Å². The van der Waals surface area contributed by atoms with Gasteiger partial charge in [0.2, 0.25) is 0 Å². The zero-order valence-electron chi connectivity index (χ0n) is 13.4. The Labute approximate surface area is 146 Å². The zero-order valence-corrected chi connectivity index (χ0v) is 14.2. The maximum absolute atomic E-state index is 13.0. The second-order valence-electron chi connectivity index (χ2n) is 5.63. The van der Waals surface area contributed by atoms with Crippen LogP contribution in [0, 0.1) is 6.92 Å². The van der Waals surface area contributed by atoms with E-state index in [0.717, 1.165) is 12.1 Å². The van der Waals surface area contributed by atoms with Gasteiger partial charge < -0.3 is 0 Å². The zero-order chi connectivity index (χ0) is 18.4. The Bertz CT molecular complexity index is 1000. The van der Waals surface area contributed by atoms with Crippen LogP contribution < -0.4 is 5.56 Å². The van der Waals surface area contributed by atoms with Crippen molar-refractivity contribution in [2.75, 3.05) is 0 Å². The minimum Gasteiger partial charge on any atom is -0.285 e. The first-order valence-electron chi connectivity index (χ1n) is 7.43. The number of hydrogen-bond donors (Lipinski definition) is 0. The Balaban J connectivity index is 2.26. The van der Waals surface area contributed by atoms with Crippen LogP contribution in [0.15, 0.2) is 53.3 Å². The second-order valence-corrected chi connectivity index (χ2v) is 6.04. The van der Waals surface area contributed by atoms with E-state index < -0.39 is 17.3 Å². The maximum Gasteiger partial charge on any atom is 0.416 e. The predicted molar refractivity (Wildman–Crippen MR) is 91.2 cm³/mol. The first-order chi connectivity index (χ1) is 11.7. The van der Waals surface area contributed by atoms with Crippen molar-refractivity contribution in [3.05, 3.63) is 75.2 Å². The fourth-order valence-corrected chi connectivity index (χ4v) is 3.00. The van der Waals surface area contributed by atoms with Gasteiger partial charge in [-0.25, -0.2) is 4.68 Å². The number of aromatic nitrogens is 2. The van der Waals surface area contributed by atoms with E-state index in [1.165, 1.54) is 16.8 Å². The Morgan fingerprint density at radius 1 is 1.04 bits per heavy atom. The van der Waals surface area contributed by atoms with Gasteiger partial charge in [-0.1, -0.05) is 35.9 Å². The molecule has 0 bridgehead atoms. The van der Waals surface area contributed by atoms with Gasteiger partial charge in [0.25, 0.3) is 5.56 Å². The Hall–Kier alpha value is -2.47. The molecule has 0 radical (unpaired) electrons. The summed E-state index contributed by atoms with van der Waals surface area (Å²) in [5.74, 6) is 0. The van der Waals surface area contributed by atoms with E-state index >= 15 is 0 Å². The largest absolute Gasteiger partial charge is 0.416 e. The lowest BCUT2D eigenvalue weighted by Crippen LogP contribution is -2.20. The third kappa shape index (κ3) is 2.98. The van der Waals surface area contributed by atoms with Crippen LogP contribution in [-0.2, 0) is 13.2 Å². The lowest BCUT2D eigenvalue weighted by Gasteiger charge is -2.09. The van der Waals surface area contributed by atoms with E-state index in [2.05, 4.69) is 0 Å². The molecule has 130 valence electrons. The van der Waals surface area contributed by atoms with E-state index in [1.807, 2.05) is 0 Å². The SMILES string of the molecule is Cc1c(-c2cccc(C(F)(F)F)c2)c(=O)n(-c2ccccc2Cl)n1C. The average molecular weight is 367 g/mol. The van der Waals surface area contributed by atoms with Crippen LogP contribution in [-0.4, -0.2) is 9.36 Å². The van der Waals surface area contributed by atoms with Crippen LogP contribution in [0.2, 0.25) is 5.02 Å². The summed E-state index contributed by atoms with van der Waals surface area (Å²) in [5, 5.41) is 0.376. The normalized spacial score (nSPS) is 11.8. The van der Waals surface area contributed by atoms with E-state index in [0.29, 0.717) is 16.4 Å². The van der Waals surface area contributed by atoms with Crippen LogP contribution in [0.25, 0.3) is 16.8 Å². The Morgan fingerprint density at radius 2 is 1.72 bits per heavy atom. The number of halogens is 4. The van der Waals surface area contributed by atoms with Crippen molar-refractivity contribution >= 4 is 11.6 Å². The first-order valence-corrected chi connectivity index (χ1v) is 7.80. The van der Waals surface area contributed by atoms with Crippen molar-refractivity contribution in [2.45, 2.75) is 13.1 Å². The number of para-hydroxylation sites is 1. The molecule has 0 amide bonds. The van der Waals surface area contributed by atoms with Gasteiger partial charge in [0.15, 0.2) is 0 Å². The van der Waals surface area contributed by atoms with Gasteiger partial charge in [0.1, 0.15) is 0 Å². The Kier molecular flexibility index (Phi) is 4.24. The highest BCUT2D eigenvalue weighted by Crippen LogP contribution is 2.32. The molecule has 3 nitrogen and oxygen atoms in total. The van der Waals surface area contributed by atoms with Crippen molar-refractivity contribution in [3.63, 3.8) is 0 Å². The quantitative estimate of drug-likeness (QED) is 0.638. The maximum atomic E-state index is 13.0. The smallest absolute Gasteiger partial charge is 0.285 e. The lowest BCUT2D eigenvalue weighted by molar-refractivity contribution is -0.137. The summed E-state index contributed by atoms with van der Waals surface area (Å²) >= 11 is 6.17. The molecule has 0 saturated carbocycles. The molecule has 0 aliphatic carbocycles. The minimum atomic E-state index is -4.47. The molecule has 3 aromatic rings. The molecule has 0 aliphatic rings. The molecule has 2 aromatic carbocycles. The number of hydrogen-bond acceptors (Lipinski definition) is 1. The third-order valence-corrected chi connectivity index (χ3v) is 4.43. The molecule has 0 spiro atoms. The number of rotatable bonds is 2.